The van der Waals surface area contributed by atoms with Crippen LogP contribution in [0.15, 0.2) is 0 Å². The molecule has 18 heavy (non-hydrogen) atoms. The van der Waals surface area contributed by atoms with Gasteiger partial charge in [-0.05, 0) is 31.6 Å². The van der Waals surface area contributed by atoms with Crippen molar-refractivity contribution in [1.29, 1.82) is 0 Å². The molecule has 4 nitrogen and oxygen atoms in total. The van der Waals surface area contributed by atoms with Gasteiger partial charge in [0.25, 0.3) is 0 Å². The van der Waals surface area contributed by atoms with E-state index in [0.717, 1.165) is 44.5 Å². The lowest BCUT2D eigenvalue weighted by atomic mass is 10.1. The van der Waals surface area contributed by atoms with Crippen molar-refractivity contribution in [2.45, 2.75) is 58.1 Å². The molecule has 1 atom stereocenters. The smallest absolute Gasteiger partial charge is 0.101 e. The molecule has 0 radical (unpaired) electrons. The number of hydrogen-bond acceptors (Lipinski definition) is 3. The topological polar surface area (TPSA) is 39.9 Å². The van der Waals surface area contributed by atoms with Crippen LogP contribution in [-0.2, 0) is 23.6 Å². The van der Waals surface area contributed by atoms with Crippen molar-refractivity contribution in [3.8, 4) is 0 Å². The zero-order chi connectivity index (χ0) is 13.0. The summed E-state index contributed by atoms with van der Waals surface area (Å²) in [7, 11) is 0. The van der Waals surface area contributed by atoms with Gasteiger partial charge in [-0.2, -0.15) is 0 Å². The Morgan fingerprint density at radius 3 is 2.94 bits per heavy atom. The van der Waals surface area contributed by atoms with Crippen molar-refractivity contribution in [2.24, 2.45) is 5.92 Å². The molecule has 5 heteroatoms. The number of halogens is 1. The van der Waals surface area contributed by atoms with Crippen LogP contribution in [0.5, 0.6) is 0 Å². The Hall–Kier alpha value is -0.610. The van der Waals surface area contributed by atoms with Crippen LogP contribution in [0.1, 0.15) is 44.5 Å². The lowest BCUT2D eigenvalue weighted by Crippen LogP contribution is -2.18. The van der Waals surface area contributed by atoms with Gasteiger partial charge in [0.05, 0.1) is 24.2 Å². The number of aromatic nitrogens is 3. The van der Waals surface area contributed by atoms with E-state index >= 15 is 0 Å². The van der Waals surface area contributed by atoms with E-state index in [1.165, 1.54) is 5.69 Å². The SMILES string of the molecule is CC(C)CCc1c(CCl)nnn1CC1CCCO1. The Kier molecular flexibility index (Phi) is 5.01. The second kappa shape index (κ2) is 6.53. The van der Waals surface area contributed by atoms with Crippen LogP contribution in [0.3, 0.4) is 0 Å². The molecule has 102 valence electrons. The van der Waals surface area contributed by atoms with E-state index < -0.39 is 0 Å². The van der Waals surface area contributed by atoms with Gasteiger partial charge in [-0.1, -0.05) is 19.1 Å². The second-order valence-corrected chi connectivity index (χ2v) is 5.63. The molecule has 0 aromatic carbocycles. The third-order valence-corrected chi connectivity index (χ3v) is 3.66. The van der Waals surface area contributed by atoms with Crippen LogP contribution < -0.4 is 0 Å². The third kappa shape index (κ3) is 3.45. The second-order valence-electron chi connectivity index (χ2n) is 5.37. The molecule has 0 bridgehead atoms. The van der Waals surface area contributed by atoms with Gasteiger partial charge in [-0.3, -0.25) is 0 Å². The van der Waals surface area contributed by atoms with E-state index in [9.17, 15) is 0 Å². The van der Waals surface area contributed by atoms with Crippen LogP contribution in [0.25, 0.3) is 0 Å². The average molecular weight is 272 g/mol. The molecule has 1 aliphatic heterocycles. The summed E-state index contributed by atoms with van der Waals surface area (Å²) in [5.41, 5.74) is 2.12. The van der Waals surface area contributed by atoms with Gasteiger partial charge < -0.3 is 4.74 Å². The largest absolute Gasteiger partial charge is 0.376 e. The predicted molar refractivity (Wildman–Crippen MR) is 71.7 cm³/mol. The first kappa shape index (κ1) is 13.8. The van der Waals surface area contributed by atoms with Gasteiger partial charge in [0.15, 0.2) is 0 Å². The van der Waals surface area contributed by atoms with Crippen LogP contribution in [0.2, 0.25) is 0 Å². The highest BCUT2D eigenvalue weighted by Gasteiger charge is 2.20. The summed E-state index contributed by atoms with van der Waals surface area (Å²) >= 11 is 5.93. The molecule has 0 amide bonds. The van der Waals surface area contributed by atoms with Crippen LogP contribution in [-0.4, -0.2) is 27.7 Å². The monoisotopic (exact) mass is 271 g/mol. The summed E-state index contributed by atoms with van der Waals surface area (Å²) in [6.07, 6.45) is 4.72. The summed E-state index contributed by atoms with van der Waals surface area (Å²) in [6, 6.07) is 0. The first-order chi connectivity index (χ1) is 8.70. The molecule has 1 aromatic heterocycles. The first-order valence-corrected chi connectivity index (χ1v) is 7.33. The minimum absolute atomic E-state index is 0.299. The number of hydrogen-bond donors (Lipinski definition) is 0. The van der Waals surface area contributed by atoms with Gasteiger partial charge in [-0.15, -0.1) is 16.7 Å². The van der Waals surface area contributed by atoms with Crippen LogP contribution in [0.4, 0.5) is 0 Å². The summed E-state index contributed by atoms with van der Waals surface area (Å²) in [5.74, 6) is 1.12. The summed E-state index contributed by atoms with van der Waals surface area (Å²) in [5, 5.41) is 8.41. The normalized spacial score (nSPS) is 19.9. The molecule has 0 aliphatic carbocycles. The fraction of sp³-hybridized carbons (Fsp3) is 0.846. The Balaban J connectivity index is 2.05. The van der Waals surface area contributed by atoms with Crippen LogP contribution in [0, 0.1) is 5.92 Å². The highest BCUT2D eigenvalue weighted by atomic mass is 35.5. The molecular weight excluding hydrogens is 250 g/mol. The van der Waals surface area contributed by atoms with Gasteiger partial charge >= 0.3 is 0 Å². The molecule has 2 heterocycles. The van der Waals surface area contributed by atoms with Crippen LogP contribution >= 0.6 is 11.6 Å². The highest BCUT2D eigenvalue weighted by molar-refractivity contribution is 6.16. The van der Waals surface area contributed by atoms with Crippen molar-refractivity contribution < 1.29 is 4.74 Å². The minimum Gasteiger partial charge on any atom is -0.376 e. The lowest BCUT2D eigenvalue weighted by Gasteiger charge is -2.12. The maximum atomic E-state index is 5.93. The average Bonchev–Trinajstić information content (AvgIpc) is 2.96. The standard InChI is InChI=1S/C13H22ClN3O/c1-10(2)5-6-13-12(8-14)15-16-17(13)9-11-4-3-7-18-11/h10-11H,3-9H2,1-2H3. The van der Waals surface area contributed by atoms with Crippen molar-refractivity contribution in [1.82, 2.24) is 15.0 Å². The van der Waals surface area contributed by atoms with Gasteiger partial charge in [0.2, 0.25) is 0 Å². The first-order valence-electron chi connectivity index (χ1n) is 6.79. The molecule has 0 N–H and O–H groups in total. The third-order valence-electron chi connectivity index (χ3n) is 3.40. The Bertz CT molecular complexity index is 372. The van der Waals surface area contributed by atoms with Crippen molar-refractivity contribution in [3.05, 3.63) is 11.4 Å². The maximum Gasteiger partial charge on any atom is 0.101 e. The predicted octanol–water partition coefficient (Wildman–Crippen LogP) is 2.78. The molecule has 0 saturated carbocycles. The molecule has 1 fully saturated rings. The van der Waals surface area contributed by atoms with Gasteiger partial charge in [0.1, 0.15) is 5.69 Å². The van der Waals surface area contributed by atoms with E-state index in [2.05, 4.69) is 24.2 Å². The number of nitrogens with zero attached hydrogens (tertiary/aromatic N) is 3. The van der Waals surface area contributed by atoms with E-state index in [4.69, 9.17) is 16.3 Å². The Morgan fingerprint density at radius 2 is 2.33 bits per heavy atom. The van der Waals surface area contributed by atoms with E-state index in [1.54, 1.807) is 0 Å². The Morgan fingerprint density at radius 1 is 1.50 bits per heavy atom. The van der Waals surface area contributed by atoms with Gasteiger partial charge in [0, 0.05) is 6.61 Å². The highest BCUT2D eigenvalue weighted by Crippen LogP contribution is 2.18. The lowest BCUT2D eigenvalue weighted by molar-refractivity contribution is 0.0926. The summed E-state index contributed by atoms with van der Waals surface area (Å²) < 4.78 is 7.65. The summed E-state index contributed by atoms with van der Waals surface area (Å²) in [6.45, 7) is 6.16. The minimum atomic E-state index is 0.299. The van der Waals surface area contributed by atoms with Crippen molar-refractivity contribution in [2.75, 3.05) is 6.61 Å². The Labute approximate surface area is 114 Å². The van der Waals surface area contributed by atoms with Crippen molar-refractivity contribution >= 4 is 11.6 Å². The maximum absolute atomic E-state index is 5.93. The number of rotatable bonds is 6. The zero-order valence-electron chi connectivity index (χ0n) is 11.2. The molecule has 1 aliphatic rings. The molecule has 0 spiro atoms. The quantitative estimate of drug-likeness (QED) is 0.747. The van der Waals surface area contributed by atoms with Gasteiger partial charge in [-0.25, -0.2) is 4.68 Å². The van der Waals surface area contributed by atoms with E-state index in [0.29, 0.717) is 17.9 Å². The molecular formula is C13H22ClN3O. The van der Waals surface area contributed by atoms with E-state index in [1.807, 2.05) is 4.68 Å². The van der Waals surface area contributed by atoms with Crippen molar-refractivity contribution in [3.63, 3.8) is 0 Å². The molecule has 1 unspecified atom stereocenters. The fourth-order valence-electron chi connectivity index (χ4n) is 2.30. The number of ether oxygens (including phenoxy) is 1. The summed E-state index contributed by atoms with van der Waals surface area (Å²) in [4.78, 5) is 0. The number of alkyl halides is 1. The fourth-order valence-corrected chi connectivity index (χ4v) is 2.51. The molecule has 1 aromatic rings. The molecule has 2 rings (SSSR count). The van der Waals surface area contributed by atoms with E-state index in [-0.39, 0.29) is 0 Å². The molecule has 1 saturated heterocycles. The zero-order valence-corrected chi connectivity index (χ0v) is 12.0.